The molecule has 2 aromatic carbocycles. The van der Waals surface area contributed by atoms with Crippen molar-refractivity contribution in [3.63, 3.8) is 0 Å². The molecule has 0 aliphatic heterocycles. The van der Waals surface area contributed by atoms with Gasteiger partial charge in [0.25, 0.3) is 0 Å². The predicted molar refractivity (Wildman–Crippen MR) is 87.1 cm³/mol. The third-order valence-electron chi connectivity index (χ3n) is 3.58. The van der Waals surface area contributed by atoms with Crippen molar-refractivity contribution in [1.29, 1.82) is 0 Å². The van der Waals surface area contributed by atoms with E-state index in [1.165, 1.54) is 0 Å². The lowest BCUT2D eigenvalue weighted by Gasteiger charge is -2.17. The summed E-state index contributed by atoms with van der Waals surface area (Å²) in [5, 5.41) is 4.19. The highest BCUT2D eigenvalue weighted by atomic mass is 16.2. The number of nitrogens with zero attached hydrogens (tertiary/aromatic N) is 3. The van der Waals surface area contributed by atoms with Crippen LogP contribution in [-0.2, 0) is 11.2 Å². The Hall–Kier alpha value is -2.88. The maximum Gasteiger partial charge on any atom is 0.231 e. The fraction of sp³-hybridized carbons (Fsp3) is 0.111. The number of rotatable bonds is 4. The lowest BCUT2D eigenvalue weighted by atomic mass is 10.1. The van der Waals surface area contributed by atoms with Crippen LogP contribution >= 0.6 is 0 Å². The quantitative estimate of drug-likeness (QED) is 0.741. The second kappa shape index (κ2) is 6.26. The third-order valence-corrected chi connectivity index (χ3v) is 3.58. The molecule has 110 valence electrons. The van der Waals surface area contributed by atoms with E-state index in [2.05, 4.69) is 5.10 Å². The minimum Gasteiger partial charge on any atom is -0.315 e. The topological polar surface area (TPSA) is 38.1 Å². The highest BCUT2D eigenvalue weighted by Gasteiger charge is 2.11. The predicted octanol–water partition coefficient (Wildman–Crippen LogP) is 3.08. The molecule has 0 radical (unpaired) electrons. The molecule has 0 aliphatic carbocycles. The molecule has 4 nitrogen and oxygen atoms in total. The zero-order valence-electron chi connectivity index (χ0n) is 12.4. The Labute approximate surface area is 129 Å². The van der Waals surface area contributed by atoms with Crippen LogP contribution in [0.25, 0.3) is 5.69 Å². The first kappa shape index (κ1) is 14.1. The van der Waals surface area contributed by atoms with Gasteiger partial charge in [-0.15, -0.1) is 0 Å². The van der Waals surface area contributed by atoms with Crippen molar-refractivity contribution >= 4 is 11.6 Å². The van der Waals surface area contributed by atoms with Crippen molar-refractivity contribution in [3.05, 3.63) is 78.6 Å². The Kier molecular flexibility index (Phi) is 4.01. The Bertz CT molecular complexity index is 734. The molecule has 1 heterocycles. The number of aromatic nitrogens is 2. The molecule has 0 N–H and O–H groups in total. The Morgan fingerprint density at radius 3 is 2.41 bits per heavy atom. The number of hydrogen-bond donors (Lipinski definition) is 0. The van der Waals surface area contributed by atoms with Gasteiger partial charge in [0.2, 0.25) is 5.91 Å². The molecule has 0 unspecified atom stereocenters. The van der Waals surface area contributed by atoms with Crippen LogP contribution in [0.2, 0.25) is 0 Å². The highest BCUT2D eigenvalue weighted by Crippen LogP contribution is 2.14. The van der Waals surface area contributed by atoms with Crippen molar-refractivity contribution in [1.82, 2.24) is 9.78 Å². The second-order valence-corrected chi connectivity index (χ2v) is 5.08. The summed E-state index contributed by atoms with van der Waals surface area (Å²) in [6.07, 6.45) is 4.01. The van der Waals surface area contributed by atoms with Crippen LogP contribution in [0.15, 0.2) is 73.1 Å². The molecule has 0 saturated heterocycles. The van der Waals surface area contributed by atoms with Crippen molar-refractivity contribution in [2.24, 2.45) is 0 Å². The number of hydrogen-bond acceptors (Lipinski definition) is 2. The van der Waals surface area contributed by atoms with Gasteiger partial charge in [-0.2, -0.15) is 5.10 Å². The Balaban J connectivity index is 1.69. The van der Waals surface area contributed by atoms with Crippen LogP contribution in [-0.4, -0.2) is 22.7 Å². The van der Waals surface area contributed by atoms with Crippen LogP contribution < -0.4 is 4.90 Å². The van der Waals surface area contributed by atoms with Crippen LogP contribution in [0.4, 0.5) is 5.69 Å². The minimum absolute atomic E-state index is 0.0676. The molecule has 3 aromatic rings. The molecule has 0 aliphatic rings. The van der Waals surface area contributed by atoms with Gasteiger partial charge in [-0.25, -0.2) is 4.68 Å². The van der Waals surface area contributed by atoms with Crippen LogP contribution in [0, 0.1) is 0 Å². The maximum atomic E-state index is 12.3. The van der Waals surface area contributed by atoms with Gasteiger partial charge in [-0.3, -0.25) is 4.79 Å². The molecular weight excluding hydrogens is 274 g/mol. The summed E-state index contributed by atoms with van der Waals surface area (Å²) < 4.78 is 1.79. The van der Waals surface area contributed by atoms with E-state index in [1.807, 2.05) is 66.9 Å². The first-order chi connectivity index (χ1) is 10.7. The van der Waals surface area contributed by atoms with Gasteiger partial charge in [0.05, 0.1) is 12.1 Å². The van der Waals surface area contributed by atoms with E-state index >= 15 is 0 Å². The number of likely N-dealkylation sites (N-methyl/N-ethyl adjacent to an activating group) is 1. The zero-order valence-corrected chi connectivity index (χ0v) is 12.4. The van der Waals surface area contributed by atoms with Gasteiger partial charge < -0.3 is 4.90 Å². The molecule has 0 spiro atoms. The molecule has 0 atom stereocenters. The van der Waals surface area contributed by atoms with E-state index in [-0.39, 0.29) is 5.91 Å². The van der Waals surface area contributed by atoms with E-state index < -0.39 is 0 Å². The number of carbonyl (C=O) groups excluding carboxylic acids is 1. The fourth-order valence-corrected chi connectivity index (χ4v) is 2.28. The number of para-hydroxylation sites is 1. The summed E-state index contributed by atoms with van der Waals surface area (Å²) in [5.74, 6) is 0.0676. The van der Waals surface area contributed by atoms with E-state index in [1.54, 1.807) is 22.8 Å². The fourth-order valence-electron chi connectivity index (χ4n) is 2.28. The van der Waals surface area contributed by atoms with Gasteiger partial charge in [0, 0.05) is 25.1 Å². The number of anilines is 1. The van der Waals surface area contributed by atoms with E-state index in [4.69, 9.17) is 0 Å². The normalized spacial score (nSPS) is 10.4. The summed E-state index contributed by atoms with van der Waals surface area (Å²) in [4.78, 5) is 14.0. The van der Waals surface area contributed by atoms with Gasteiger partial charge in [0.15, 0.2) is 0 Å². The number of carbonyl (C=O) groups is 1. The molecule has 4 heteroatoms. The van der Waals surface area contributed by atoms with E-state index in [0.717, 1.165) is 16.9 Å². The van der Waals surface area contributed by atoms with Crippen molar-refractivity contribution in [2.75, 3.05) is 11.9 Å². The van der Waals surface area contributed by atoms with Crippen LogP contribution in [0.5, 0.6) is 0 Å². The van der Waals surface area contributed by atoms with Crippen molar-refractivity contribution < 1.29 is 4.79 Å². The van der Waals surface area contributed by atoms with Gasteiger partial charge >= 0.3 is 0 Å². The smallest absolute Gasteiger partial charge is 0.231 e. The standard InChI is InChI=1S/C18H17N3O/c1-20(16-6-3-2-4-7-16)18(22)14-15-8-10-17(11-9-15)21-13-5-12-19-21/h2-13H,14H2,1H3. The summed E-state index contributed by atoms with van der Waals surface area (Å²) in [6, 6.07) is 19.4. The third kappa shape index (κ3) is 3.06. The first-order valence-electron chi connectivity index (χ1n) is 7.14. The molecule has 0 bridgehead atoms. The summed E-state index contributed by atoms with van der Waals surface area (Å²) >= 11 is 0. The number of amides is 1. The molecular formula is C18H17N3O. The Morgan fingerprint density at radius 1 is 1.05 bits per heavy atom. The minimum atomic E-state index is 0.0676. The lowest BCUT2D eigenvalue weighted by molar-refractivity contribution is -0.117. The van der Waals surface area contributed by atoms with E-state index in [9.17, 15) is 4.79 Å². The molecule has 3 rings (SSSR count). The van der Waals surface area contributed by atoms with Crippen LogP contribution in [0.3, 0.4) is 0 Å². The number of benzene rings is 2. The first-order valence-corrected chi connectivity index (χ1v) is 7.14. The average molecular weight is 291 g/mol. The van der Waals surface area contributed by atoms with Gasteiger partial charge in [0.1, 0.15) is 0 Å². The molecule has 22 heavy (non-hydrogen) atoms. The zero-order chi connectivity index (χ0) is 15.4. The highest BCUT2D eigenvalue weighted by molar-refractivity contribution is 5.94. The molecule has 0 fully saturated rings. The SMILES string of the molecule is CN(C(=O)Cc1ccc(-n2cccn2)cc1)c1ccccc1. The monoisotopic (exact) mass is 291 g/mol. The summed E-state index contributed by atoms with van der Waals surface area (Å²) in [6.45, 7) is 0. The second-order valence-electron chi connectivity index (χ2n) is 5.08. The molecule has 0 saturated carbocycles. The maximum absolute atomic E-state index is 12.3. The Morgan fingerprint density at radius 2 is 1.77 bits per heavy atom. The van der Waals surface area contributed by atoms with Crippen molar-refractivity contribution in [2.45, 2.75) is 6.42 Å². The summed E-state index contributed by atoms with van der Waals surface area (Å²) in [7, 11) is 1.80. The van der Waals surface area contributed by atoms with Crippen molar-refractivity contribution in [3.8, 4) is 5.69 Å². The molecule has 1 amide bonds. The van der Waals surface area contributed by atoms with Gasteiger partial charge in [-0.1, -0.05) is 30.3 Å². The van der Waals surface area contributed by atoms with Crippen LogP contribution in [0.1, 0.15) is 5.56 Å². The largest absolute Gasteiger partial charge is 0.315 e. The van der Waals surface area contributed by atoms with Gasteiger partial charge in [-0.05, 0) is 35.9 Å². The average Bonchev–Trinajstić information content (AvgIpc) is 3.10. The van der Waals surface area contributed by atoms with E-state index in [0.29, 0.717) is 6.42 Å². The molecule has 1 aromatic heterocycles. The summed E-state index contributed by atoms with van der Waals surface area (Å²) in [5.41, 5.74) is 2.88. The lowest BCUT2D eigenvalue weighted by Crippen LogP contribution is -2.27.